The number of fused-ring (bicyclic) bond motifs is 1. The Morgan fingerprint density at radius 3 is 2.31 bits per heavy atom. The molecule has 0 fully saturated rings. The van der Waals surface area contributed by atoms with Crippen LogP contribution in [0.3, 0.4) is 0 Å². The van der Waals surface area contributed by atoms with Gasteiger partial charge in [-0.3, -0.25) is 9.11 Å². The summed E-state index contributed by atoms with van der Waals surface area (Å²) in [5, 5.41) is 9.31. The van der Waals surface area contributed by atoms with Crippen molar-refractivity contribution in [3.05, 3.63) is 83.9 Å². The standard InChI is InChI=1S/C34H43FN2O6S2/c1-6-9-19-34(8-3)23-36(25-13-11-10-12-14-25)27-20-30(44-5)29(43-28(7-2)32(35)33(38)39)21-31(27)45(40,41)37(34)22-24-15-17-26(42-4)18-16-24/h10-18,20-21,40-41H,6-9,19,22-23H2,1-5H3,(H,38,39)/b32-28-. The van der Waals surface area contributed by atoms with Crippen LogP contribution in [-0.2, 0) is 11.3 Å². The number of hydrogen-bond acceptors (Lipinski definition) is 8. The van der Waals surface area contributed by atoms with Crippen molar-refractivity contribution in [2.45, 2.75) is 74.7 Å². The lowest BCUT2D eigenvalue weighted by Gasteiger charge is -2.52. The van der Waals surface area contributed by atoms with E-state index in [9.17, 15) is 23.4 Å². The van der Waals surface area contributed by atoms with Gasteiger partial charge in [-0.25, -0.2) is 4.79 Å². The number of unbranched alkanes of at least 4 members (excludes halogenated alkanes) is 1. The van der Waals surface area contributed by atoms with E-state index in [-0.39, 0.29) is 29.4 Å². The summed E-state index contributed by atoms with van der Waals surface area (Å²) >= 11 is 1.35. The van der Waals surface area contributed by atoms with E-state index in [4.69, 9.17) is 9.47 Å². The zero-order valence-corrected chi connectivity index (χ0v) is 28.1. The van der Waals surface area contributed by atoms with E-state index in [1.807, 2.05) is 71.2 Å². The van der Waals surface area contributed by atoms with Crippen molar-refractivity contribution in [1.29, 1.82) is 0 Å². The van der Waals surface area contributed by atoms with Gasteiger partial charge in [0.25, 0.3) is 0 Å². The third kappa shape index (κ3) is 7.28. The summed E-state index contributed by atoms with van der Waals surface area (Å²) in [5.41, 5.74) is 1.72. The number of hydrogen-bond donors (Lipinski definition) is 3. The van der Waals surface area contributed by atoms with Crippen molar-refractivity contribution in [2.24, 2.45) is 0 Å². The first kappa shape index (κ1) is 34.6. The number of rotatable bonds is 13. The van der Waals surface area contributed by atoms with Crippen LogP contribution in [0.1, 0.15) is 58.4 Å². The van der Waals surface area contributed by atoms with Gasteiger partial charge in [0.15, 0.2) is 0 Å². The average molecular weight is 659 g/mol. The Hall–Kier alpha value is -3.22. The topological polar surface area (TPSA) is 103 Å². The molecule has 45 heavy (non-hydrogen) atoms. The van der Waals surface area contributed by atoms with Crippen molar-refractivity contribution in [1.82, 2.24) is 4.31 Å². The fraction of sp³-hybridized carbons (Fsp3) is 0.382. The van der Waals surface area contributed by atoms with Gasteiger partial charge in [-0.2, -0.15) is 8.70 Å². The zero-order chi connectivity index (χ0) is 32.8. The molecule has 4 rings (SSSR count). The highest BCUT2D eigenvalue weighted by Crippen LogP contribution is 2.64. The average Bonchev–Trinajstić information content (AvgIpc) is 3.13. The smallest absolute Gasteiger partial charge is 0.368 e. The number of nitrogens with zero attached hydrogens (tertiary/aromatic N) is 2. The summed E-state index contributed by atoms with van der Waals surface area (Å²) in [4.78, 5) is 14.4. The Balaban J connectivity index is 2.01. The Kier molecular flexibility index (Phi) is 11.5. The van der Waals surface area contributed by atoms with E-state index in [0.717, 1.165) is 24.1 Å². The Labute approximate surface area is 271 Å². The third-order valence-corrected chi connectivity index (χ3v) is 11.1. The van der Waals surface area contributed by atoms with E-state index < -0.39 is 28.1 Å². The lowest BCUT2D eigenvalue weighted by atomic mass is 9.88. The first-order valence-electron chi connectivity index (χ1n) is 15.1. The highest BCUT2D eigenvalue weighted by molar-refractivity contribution is 8.22. The second-order valence-corrected chi connectivity index (χ2v) is 13.7. The van der Waals surface area contributed by atoms with Crippen molar-refractivity contribution < 1.29 is 32.9 Å². The highest BCUT2D eigenvalue weighted by Gasteiger charge is 2.48. The number of thioether (sulfide) groups is 1. The van der Waals surface area contributed by atoms with E-state index in [0.29, 0.717) is 35.7 Å². The zero-order valence-electron chi connectivity index (χ0n) is 26.5. The number of allylic oxidation sites excluding steroid dienone is 1. The molecule has 1 unspecified atom stereocenters. The number of methoxy groups -OCH3 is 1. The van der Waals surface area contributed by atoms with Gasteiger partial charge in [-0.05, 0) is 55.0 Å². The molecule has 0 spiro atoms. The molecule has 11 heteroatoms. The first-order chi connectivity index (χ1) is 21.5. The minimum Gasteiger partial charge on any atom is -0.497 e. The van der Waals surface area contributed by atoms with Gasteiger partial charge in [0.1, 0.15) is 22.2 Å². The summed E-state index contributed by atoms with van der Waals surface area (Å²) in [5.74, 6) is -2.59. The van der Waals surface area contributed by atoms with Crippen LogP contribution in [0.25, 0.3) is 0 Å². The van der Waals surface area contributed by atoms with Crippen LogP contribution < -0.4 is 14.4 Å². The van der Waals surface area contributed by atoms with Crippen molar-refractivity contribution >= 4 is 39.9 Å². The number of anilines is 2. The molecule has 3 aromatic rings. The van der Waals surface area contributed by atoms with E-state index >= 15 is 0 Å². The molecular formula is C34H43FN2O6S2. The summed E-state index contributed by atoms with van der Waals surface area (Å²) in [6.07, 6.45) is 5.01. The second-order valence-electron chi connectivity index (χ2n) is 11.0. The molecule has 0 radical (unpaired) electrons. The largest absolute Gasteiger partial charge is 0.497 e. The van der Waals surface area contributed by atoms with Crippen LogP contribution in [-0.4, -0.2) is 49.9 Å². The van der Waals surface area contributed by atoms with Crippen molar-refractivity contribution in [3.63, 3.8) is 0 Å². The maximum atomic E-state index is 14.6. The first-order valence-corrected chi connectivity index (χ1v) is 17.8. The summed E-state index contributed by atoms with van der Waals surface area (Å²) in [7, 11) is -2.10. The quantitative estimate of drug-likeness (QED) is 0.0941. The number of ether oxygens (including phenoxy) is 2. The Morgan fingerprint density at radius 2 is 1.76 bits per heavy atom. The van der Waals surface area contributed by atoms with Gasteiger partial charge in [0.2, 0.25) is 5.83 Å². The van der Waals surface area contributed by atoms with E-state index in [1.165, 1.54) is 11.8 Å². The number of carboxylic acids is 1. The normalized spacial score (nSPS) is 19.2. The molecule has 0 saturated heterocycles. The van der Waals surface area contributed by atoms with Gasteiger partial charge >= 0.3 is 5.97 Å². The molecule has 244 valence electrons. The van der Waals surface area contributed by atoms with Gasteiger partial charge in [0, 0.05) is 31.3 Å². The maximum absolute atomic E-state index is 14.6. The van der Waals surface area contributed by atoms with Crippen LogP contribution in [0.4, 0.5) is 15.8 Å². The lowest BCUT2D eigenvalue weighted by molar-refractivity contribution is -0.134. The highest BCUT2D eigenvalue weighted by atomic mass is 32.3. The van der Waals surface area contributed by atoms with Crippen molar-refractivity contribution in [3.8, 4) is 11.5 Å². The number of carboxylic acid groups (broad SMARTS) is 1. The minimum atomic E-state index is -3.71. The maximum Gasteiger partial charge on any atom is 0.368 e. The molecular weight excluding hydrogens is 616 g/mol. The lowest BCUT2D eigenvalue weighted by Crippen LogP contribution is -2.53. The van der Waals surface area contributed by atoms with Crippen LogP contribution in [0.15, 0.2) is 88.1 Å². The van der Waals surface area contributed by atoms with Crippen LogP contribution in [0, 0.1) is 0 Å². The fourth-order valence-corrected chi connectivity index (χ4v) is 8.37. The number of carbonyl (C=O) groups is 1. The van der Waals surface area contributed by atoms with Crippen LogP contribution >= 0.6 is 22.5 Å². The summed E-state index contributed by atoms with van der Waals surface area (Å²) in [6.45, 7) is 6.54. The predicted octanol–water partition coefficient (Wildman–Crippen LogP) is 9.49. The minimum absolute atomic E-state index is 0.00497. The molecule has 1 aliphatic rings. The van der Waals surface area contributed by atoms with Gasteiger partial charge in [0.05, 0.1) is 23.2 Å². The molecule has 3 N–H and O–H groups in total. The van der Waals surface area contributed by atoms with Crippen molar-refractivity contribution in [2.75, 3.05) is 24.8 Å². The molecule has 1 heterocycles. The molecule has 1 aliphatic heterocycles. The summed E-state index contributed by atoms with van der Waals surface area (Å²) in [6, 6.07) is 20.8. The number of para-hydroxylation sites is 1. The summed E-state index contributed by atoms with van der Waals surface area (Å²) < 4.78 is 52.7. The van der Waals surface area contributed by atoms with E-state index in [1.54, 1.807) is 20.1 Å². The van der Waals surface area contributed by atoms with Crippen LogP contribution in [0.5, 0.6) is 11.5 Å². The SMILES string of the molecule is CCCCC1(CC)CN(c2ccccc2)c2cc(SC)c(O/C(CC)=C(\F)C(=O)O)cc2S(O)(O)N1Cc1ccc(OC)cc1. The molecule has 1 atom stereocenters. The fourth-order valence-electron chi connectivity index (χ4n) is 5.74. The van der Waals surface area contributed by atoms with E-state index in [2.05, 4.69) is 18.7 Å². The van der Waals surface area contributed by atoms with Gasteiger partial charge in [-0.1, -0.05) is 63.9 Å². The number of halogens is 1. The third-order valence-electron chi connectivity index (χ3n) is 8.31. The molecule has 0 amide bonds. The predicted molar refractivity (Wildman–Crippen MR) is 181 cm³/mol. The van der Waals surface area contributed by atoms with Crippen LogP contribution in [0.2, 0.25) is 0 Å². The molecule has 0 aliphatic carbocycles. The molecule has 3 aromatic carbocycles. The molecule has 0 aromatic heterocycles. The number of benzene rings is 3. The monoisotopic (exact) mass is 658 g/mol. The Bertz CT molecular complexity index is 1500. The molecule has 8 nitrogen and oxygen atoms in total. The Morgan fingerprint density at radius 1 is 1.07 bits per heavy atom. The van der Waals surface area contributed by atoms with Gasteiger partial charge < -0.3 is 19.5 Å². The van der Waals surface area contributed by atoms with Gasteiger partial charge in [-0.15, -0.1) is 22.5 Å². The molecule has 0 saturated carbocycles. The molecule has 0 bridgehead atoms. The second kappa shape index (κ2) is 14.9. The number of aliphatic carboxylic acids is 1.